The van der Waals surface area contributed by atoms with Crippen molar-refractivity contribution in [3.63, 3.8) is 0 Å². The third kappa shape index (κ3) is 9.82. The molecule has 6 nitrogen and oxygen atoms in total. The number of hydrogen-bond donors (Lipinski definition) is 1. The first-order chi connectivity index (χ1) is 19.0. The Kier molecular flexibility index (Phi) is 12.9. The third-order valence-electron chi connectivity index (χ3n) is 6.82. The molecule has 0 bridgehead atoms. The number of nitrogens with one attached hydrogen (secondary N) is 1. The Morgan fingerprint density at radius 3 is 2.60 bits per heavy atom. The molecule has 2 heterocycles. The molecular formula is C34H49N5O. The molecule has 40 heavy (non-hydrogen) atoms. The highest BCUT2D eigenvalue weighted by molar-refractivity contribution is 6.06. The van der Waals surface area contributed by atoms with E-state index >= 15 is 0 Å². The summed E-state index contributed by atoms with van der Waals surface area (Å²) in [6.45, 7) is 25.2. The molecule has 0 aromatic carbocycles. The van der Waals surface area contributed by atoms with E-state index in [1.165, 1.54) is 25.0 Å². The predicted octanol–water partition coefficient (Wildman–Crippen LogP) is 8.05. The van der Waals surface area contributed by atoms with Crippen LogP contribution in [0.25, 0.3) is 5.57 Å². The van der Waals surface area contributed by atoms with E-state index in [1.54, 1.807) is 12.4 Å². The lowest BCUT2D eigenvalue weighted by Gasteiger charge is -2.33. The molecule has 0 spiro atoms. The van der Waals surface area contributed by atoms with Crippen LogP contribution >= 0.6 is 0 Å². The Bertz CT molecular complexity index is 1190. The smallest absolute Gasteiger partial charge is 0.255 e. The topological polar surface area (TPSA) is 60.8 Å². The molecule has 0 radical (unpaired) electrons. The fraction of sp³-hybridized carbons (Fsp3) is 0.441. The van der Waals surface area contributed by atoms with Crippen molar-refractivity contribution in [2.75, 3.05) is 25.0 Å². The average Bonchev–Trinajstić information content (AvgIpc) is 2.91. The number of carbonyl (C=O) groups is 1. The zero-order chi connectivity index (χ0) is 29.7. The van der Waals surface area contributed by atoms with E-state index in [4.69, 9.17) is 0 Å². The van der Waals surface area contributed by atoms with Gasteiger partial charge in [0, 0.05) is 59.8 Å². The minimum atomic E-state index is -0.194. The fourth-order valence-electron chi connectivity index (χ4n) is 4.33. The van der Waals surface area contributed by atoms with Crippen LogP contribution in [0, 0.1) is 12.3 Å². The fourth-order valence-corrected chi connectivity index (χ4v) is 4.33. The molecule has 0 unspecified atom stereocenters. The molecule has 0 atom stereocenters. The van der Waals surface area contributed by atoms with Crippen LogP contribution in [0.1, 0.15) is 78.5 Å². The Labute approximate surface area is 242 Å². The molecule has 0 saturated heterocycles. The summed E-state index contributed by atoms with van der Waals surface area (Å²) < 4.78 is 0. The van der Waals surface area contributed by atoms with Gasteiger partial charge in [0.15, 0.2) is 0 Å². The first-order valence-corrected chi connectivity index (χ1v) is 14.4. The van der Waals surface area contributed by atoms with Gasteiger partial charge in [-0.05, 0) is 62.6 Å². The predicted molar refractivity (Wildman–Crippen MR) is 172 cm³/mol. The summed E-state index contributed by atoms with van der Waals surface area (Å²) in [5.41, 5.74) is 6.13. The number of hydrogen-bond acceptors (Lipinski definition) is 5. The van der Waals surface area contributed by atoms with Crippen LogP contribution in [0.15, 0.2) is 83.6 Å². The van der Waals surface area contributed by atoms with Crippen LogP contribution < -0.4 is 5.32 Å². The first kappa shape index (κ1) is 32.5. The molecule has 216 valence electrons. The van der Waals surface area contributed by atoms with Crippen LogP contribution in [0.4, 0.5) is 5.69 Å². The number of amides is 1. The minimum absolute atomic E-state index is 0.132. The number of aromatic nitrogens is 1. The third-order valence-corrected chi connectivity index (χ3v) is 6.82. The zero-order valence-corrected chi connectivity index (χ0v) is 25.8. The molecule has 1 N–H and O–H groups in total. The van der Waals surface area contributed by atoms with E-state index in [-0.39, 0.29) is 11.3 Å². The van der Waals surface area contributed by atoms with Gasteiger partial charge in [-0.2, -0.15) is 0 Å². The normalized spacial score (nSPS) is 14.4. The number of unbranched alkanes of at least 4 members (excludes halogenated alkanes) is 2. The van der Waals surface area contributed by atoms with Crippen molar-refractivity contribution in [2.24, 2.45) is 10.4 Å². The highest BCUT2D eigenvalue weighted by Gasteiger charge is 2.20. The van der Waals surface area contributed by atoms with Crippen LogP contribution in [-0.4, -0.2) is 47.0 Å². The van der Waals surface area contributed by atoms with Gasteiger partial charge in [-0.3, -0.25) is 14.8 Å². The first-order valence-electron chi connectivity index (χ1n) is 14.4. The Morgan fingerprint density at radius 2 is 1.98 bits per heavy atom. The molecule has 1 aromatic rings. The summed E-state index contributed by atoms with van der Waals surface area (Å²) in [5.74, 6) is -0.194. The number of nitrogens with zero attached hydrogens (tertiary/aromatic N) is 4. The summed E-state index contributed by atoms with van der Waals surface area (Å²) in [6, 6.07) is 2.01. The molecular weight excluding hydrogens is 494 g/mol. The van der Waals surface area contributed by atoms with E-state index in [2.05, 4.69) is 85.3 Å². The quantitative estimate of drug-likeness (QED) is 0.112. The monoisotopic (exact) mass is 543 g/mol. The maximum absolute atomic E-state index is 13.3. The number of anilines is 1. The summed E-state index contributed by atoms with van der Waals surface area (Å²) >= 11 is 0. The highest BCUT2D eigenvalue weighted by atomic mass is 16.1. The summed E-state index contributed by atoms with van der Waals surface area (Å²) in [5, 5.41) is 3.05. The molecule has 1 aliphatic heterocycles. The van der Waals surface area contributed by atoms with Crippen LogP contribution in [-0.2, 0) is 4.79 Å². The molecule has 1 aliphatic rings. The van der Waals surface area contributed by atoms with Crippen molar-refractivity contribution >= 4 is 23.9 Å². The standard InChI is InChI=1S/C34H49N5O/c1-10-13-14-18-39(17-12-3)31-21-29(24-38(25-31)19-16-35-9)32-22-30(23-36-27(32)5)37-33(40)28(15-11-2)20-26(4)34(6,7)8/h11,15-16,19-24H,4,9-10,12-14,17-18,25H2,1-3,5-8H3,(H,37,40)/b15-11-,19-16-,28-20+. The SMILES string of the molecule is C=N/C=C\N1C=C(c2cc(NC(=O)C(/C=C\C)=C/C(=C)C(C)(C)C)cnc2C)C=C(N(CCC)CCCCC)C1. The van der Waals surface area contributed by atoms with Crippen molar-refractivity contribution in [1.29, 1.82) is 0 Å². The van der Waals surface area contributed by atoms with Crippen molar-refractivity contribution < 1.29 is 4.79 Å². The number of rotatable bonds is 14. The molecule has 1 amide bonds. The van der Waals surface area contributed by atoms with E-state index in [0.717, 1.165) is 48.5 Å². The zero-order valence-electron chi connectivity index (χ0n) is 25.8. The Balaban J connectivity index is 2.46. The van der Waals surface area contributed by atoms with Gasteiger partial charge in [0.1, 0.15) is 0 Å². The minimum Gasteiger partial charge on any atom is -0.373 e. The molecule has 6 heteroatoms. The number of aryl methyl sites for hydroxylation is 1. The molecule has 2 rings (SSSR count). The number of pyridine rings is 1. The maximum Gasteiger partial charge on any atom is 0.255 e. The lowest BCUT2D eigenvalue weighted by atomic mass is 9.86. The second kappa shape index (κ2) is 15.8. The van der Waals surface area contributed by atoms with Gasteiger partial charge in [-0.15, -0.1) is 0 Å². The van der Waals surface area contributed by atoms with Gasteiger partial charge < -0.3 is 15.1 Å². The van der Waals surface area contributed by atoms with Crippen LogP contribution in [0.5, 0.6) is 0 Å². The highest BCUT2D eigenvalue weighted by Crippen LogP contribution is 2.30. The summed E-state index contributed by atoms with van der Waals surface area (Å²) in [6.07, 6.45) is 19.9. The average molecular weight is 544 g/mol. The van der Waals surface area contributed by atoms with Crippen molar-refractivity contribution in [3.8, 4) is 0 Å². The van der Waals surface area contributed by atoms with Gasteiger partial charge in [-0.1, -0.05) is 66.2 Å². The number of allylic oxidation sites excluding steroid dienone is 5. The van der Waals surface area contributed by atoms with Crippen LogP contribution in [0.3, 0.4) is 0 Å². The Hall–Kier alpha value is -3.67. The van der Waals surface area contributed by atoms with Gasteiger partial charge in [0.25, 0.3) is 5.91 Å². The van der Waals surface area contributed by atoms with E-state index < -0.39 is 0 Å². The van der Waals surface area contributed by atoms with Gasteiger partial charge in [0.2, 0.25) is 0 Å². The second-order valence-corrected chi connectivity index (χ2v) is 11.3. The van der Waals surface area contributed by atoms with Gasteiger partial charge >= 0.3 is 0 Å². The largest absolute Gasteiger partial charge is 0.373 e. The number of carbonyl (C=O) groups excluding carboxylic acids is 1. The van der Waals surface area contributed by atoms with Gasteiger partial charge in [0.05, 0.1) is 18.4 Å². The van der Waals surface area contributed by atoms with Crippen molar-refractivity contribution in [3.05, 3.63) is 89.8 Å². The molecule has 1 aromatic heterocycles. The maximum atomic E-state index is 13.3. The Morgan fingerprint density at radius 1 is 1.23 bits per heavy atom. The van der Waals surface area contributed by atoms with Crippen molar-refractivity contribution in [2.45, 2.75) is 74.1 Å². The lowest BCUT2D eigenvalue weighted by Crippen LogP contribution is -2.32. The summed E-state index contributed by atoms with van der Waals surface area (Å²) in [7, 11) is 0. The van der Waals surface area contributed by atoms with Crippen LogP contribution in [0.2, 0.25) is 0 Å². The van der Waals surface area contributed by atoms with E-state index in [1.807, 2.05) is 44.3 Å². The van der Waals surface area contributed by atoms with Crippen molar-refractivity contribution in [1.82, 2.24) is 14.8 Å². The van der Waals surface area contributed by atoms with E-state index in [9.17, 15) is 4.79 Å². The molecule has 0 aliphatic carbocycles. The van der Waals surface area contributed by atoms with E-state index in [0.29, 0.717) is 11.3 Å². The second-order valence-electron chi connectivity index (χ2n) is 11.3. The molecule has 0 saturated carbocycles. The lowest BCUT2D eigenvalue weighted by molar-refractivity contribution is -0.112. The number of aliphatic imine (C=N–C) groups is 1. The summed E-state index contributed by atoms with van der Waals surface area (Å²) in [4.78, 5) is 26.5. The van der Waals surface area contributed by atoms with Gasteiger partial charge in [-0.25, -0.2) is 0 Å². The molecule has 0 fully saturated rings.